The van der Waals surface area contributed by atoms with E-state index in [2.05, 4.69) is 17.3 Å². The smallest absolute Gasteiger partial charge is 0.342 e. The number of primary amides is 1. The van der Waals surface area contributed by atoms with Crippen LogP contribution in [0.3, 0.4) is 0 Å². The molecule has 2 aliphatic rings. The number of hydrogen-bond donors (Lipinski definition) is 2. The summed E-state index contributed by atoms with van der Waals surface area (Å²) in [5, 5.41) is 7.59. The molecule has 1 aliphatic heterocycles. The van der Waals surface area contributed by atoms with E-state index in [1.165, 1.54) is 29.5 Å². The molecule has 27 heavy (non-hydrogen) atoms. The van der Waals surface area contributed by atoms with E-state index in [1.807, 2.05) is 20.8 Å². The first kappa shape index (κ1) is 19.9. The van der Waals surface area contributed by atoms with Crippen LogP contribution in [0.5, 0.6) is 0 Å². The van der Waals surface area contributed by atoms with Crippen LogP contribution in [-0.4, -0.2) is 46.3 Å². The number of nitrogens with one attached hydrogen (secondary N) is 1. The van der Waals surface area contributed by atoms with Gasteiger partial charge in [-0.3, -0.25) is 4.79 Å². The highest BCUT2D eigenvalue weighted by Crippen LogP contribution is 2.36. The van der Waals surface area contributed by atoms with Crippen molar-refractivity contribution in [1.82, 2.24) is 20.0 Å². The molecule has 1 fully saturated rings. The maximum Gasteiger partial charge on any atom is 0.342 e. The van der Waals surface area contributed by atoms with Crippen LogP contribution in [0, 0.1) is 5.41 Å². The van der Waals surface area contributed by atoms with Crippen molar-refractivity contribution >= 4 is 11.9 Å². The lowest BCUT2D eigenvalue weighted by Gasteiger charge is -2.29. The van der Waals surface area contributed by atoms with E-state index in [0.29, 0.717) is 5.92 Å². The molecule has 1 aromatic rings. The molecule has 3 rings (SSSR count). The van der Waals surface area contributed by atoms with Crippen molar-refractivity contribution in [3.8, 4) is 0 Å². The average molecular weight is 376 g/mol. The number of amides is 2. The third-order valence-electron chi connectivity index (χ3n) is 5.88. The number of carbonyl (C=O) groups excluding carboxylic acids is 2. The number of fused-ring (bicyclic) bond motifs is 1. The molecule has 1 atom stereocenters. The van der Waals surface area contributed by atoms with Crippen molar-refractivity contribution in [1.29, 1.82) is 0 Å². The third kappa shape index (κ3) is 4.18. The lowest BCUT2D eigenvalue weighted by atomic mass is 9.84. The molecule has 0 aromatic carbocycles. The largest absolute Gasteiger partial charge is 0.368 e. The van der Waals surface area contributed by atoms with E-state index in [-0.39, 0.29) is 6.03 Å². The highest BCUT2D eigenvalue weighted by atomic mass is 16.2. The van der Waals surface area contributed by atoms with Gasteiger partial charge in [-0.2, -0.15) is 9.78 Å². The minimum absolute atomic E-state index is 0.350. The number of nitrogens with zero attached hydrogens (tertiary/aromatic N) is 3. The van der Waals surface area contributed by atoms with E-state index >= 15 is 0 Å². The summed E-state index contributed by atoms with van der Waals surface area (Å²) < 4.78 is 1.51. The van der Waals surface area contributed by atoms with Crippen molar-refractivity contribution in [2.45, 2.75) is 77.8 Å². The zero-order valence-electron chi connectivity index (χ0n) is 17.0. The highest BCUT2D eigenvalue weighted by molar-refractivity contribution is 5.87. The van der Waals surface area contributed by atoms with Crippen LogP contribution in [-0.2, 0) is 17.8 Å². The van der Waals surface area contributed by atoms with Crippen LogP contribution in [0.2, 0.25) is 0 Å². The monoisotopic (exact) mass is 375 g/mol. The number of nitrogens with two attached hydrogens (primary N) is 1. The molecule has 0 spiro atoms. The first-order valence-electron chi connectivity index (χ1n) is 10.1. The molecule has 0 saturated heterocycles. The van der Waals surface area contributed by atoms with Gasteiger partial charge in [0.1, 0.15) is 6.04 Å². The molecule has 7 nitrogen and oxygen atoms in total. The van der Waals surface area contributed by atoms with E-state index in [0.717, 1.165) is 43.7 Å². The third-order valence-corrected chi connectivity index (χ3v) is 5.88. The zero-order valence-corrected chi connectivity index (χ0v) is 17.0. The Hall–Kier alpha value is -1.89. The Morgan fingerprint density at radius 1 is 1.22 bits per heavy atom. The van der Waals surface area contributed by atoms with Crippen LogP contribution >= 0.6 is 0 Å². The number of rotatable bonds is 3. The van der Waals surface area contributed by atoms with Gasteiger partial charge >= 0.3 is 6.03 Å². The Kier molecular flexibility index (Phi) is 5.60. The van der Waals surface area contributed by atoms with Gasteiger partial charge in [-0.25, -0.2) is 4.79 Å². The van der Waals surface area contributed by atoms with Gasteiger partial charge in [-0.15, -0.1) is 0 Å². The second-order valence-corrected chi connectivity index (χ2v) is 9.20. The zero-order chi connectivity index (χ0) is 19.8. The molecule has 2 heterocycles. The average Bonchev–Trinajstić information content (AvgIpc) is 2.97. The van der Waals surface area contributed by atoms with Crippen LogP contribution in [0.1, 0.15) is 75.7 Å². The Labute approximate surface area is 161 Å². The fourth-order valence-electron chi connectivity index (χ4n) is 4.35. The molecule has 0 radical (unpaired) electrons. The summed E-state index contributed by atoms with van der Waals surface area (Å²) in [7, 11) is 2.10. The fraction of sp³-hybridized carbons (Fsp3) is 0.750. The molecule has 0 unspecified atom stereocenters. The van der Waals surface area contributed by atoms with Gasteiger partial charge in [0.25, 0.3) is 0 Å². The second-order valence-electron chi connectivity index (χ2n) is 9.20. The van der Waals surface area contributed by atoms with Gasteiger partial charge in [0.15, 0.2) is 0 Å². The van der Waals surface area contributed by atoms with Crippen molar-refractivity contribution < 1.29 is 9.59 Å². The molecule has 1 saturated carbocycles. The Balaban J connectivity index is 1.93. The lowest BCUT2D eigenvalue weighted by molar-refractivity contribution is -0.122. The topological polar surface area (TPSA) is 93.2 Å². The summed E-state index contributed by atoms with van der Waals surface area (Å²) >= 11 is 0. The molecular weight excluding hydrogens is 342 g/mol. The molecular formula is C20H33N5O2. The SMILES string of the molecule is CN1CCc2c(c(C3CCCCC3)nn2C(=O)N[C@H](C(N)=O)C(C)(C)C)C1. The Morgan fingerprint density at radius 3 is 2.48 bits per heavy atom. The summed E-state index contributed by atoms with van der Waals surface area (Å²) in [6.07, 6.45) is 6.80. The first-order chi connectivity index (χ1) is 12.7. The summed E-state index contributed by atoms with van der Waals surface area (Å²) in [6, 6.07) is -1.09. The van der Waals surface area contributed by atoms with Crippen LogP contribution in [0.15, 0.2) is 0 Å². The normalized spacial score (nSPS) is 20.1. The number of aromatic nitrogens is 2. The van der Waals surface area contributed by atoms with Crippen molar-refractivity contribution in [3.05, 3.63) is 17.0 Å². The summed E-state index contributed by atoms with van der Waals surface area (Å²) in [4.78, 5) is 27.2. The molecule has 150 valence electrons. The van der Waals surface area contributed by atoms with E-state index in [4.69, 9.17) is 10.8 Å². The Bertz CT molecular complexity index is 713. The minimum Gasteiger partial charge on any atom is -0.368 e. The quantitative estimate of drug-likeness (QED) is 0.848. The maximum atomic E-state index is 13.0. The number of carbonyl (C=O) groups is 2. The summed E-state index contributed by atoms with van der Waals surface area (Å²) in [5.74, 6) is -0.0910. The number of hydrogen-bond acceptors (Lipinski definition) is 4. The molecule has 0 bridgehead atoms. The molecule has 1 aromatic heterocycles. The summed E-state index contributed by atoms with van der Waals surface area (Å²) in [5.41, 5.74) is 8.36. The molecule has 7 heteroatoms. The molecule has 1 aliphatic carbocycles. The predicted molar refractivity (Wildman–Crippen MR) is 104 cm³/mol. The van der Waals surface area contributed by atoms with Crippen LogP contribution < -0.4 is 11.1 Å². The summed E-state index contributed by atoms with van der Waals surface area (Å²) in [6.45, 7) is 7.40. The van der Waals surface area contributed by atoms with Gasteiger partial charge < -0.3 is 16.0 Å². The Morgan fingerprint density at radius 2 is 1.89 bits per heavy atom. The van der Waals surface area contributed by atoms with Crippen molar-refractivity contribution in [3.63, 3.8) is 0 Å². The van der Waals surface area contributed by atoms with Crippen molar-refractivity contribution in [2.24, 2.45) is 11.1 Å². The van der Waals surface area contributed by atoms with Gasteiger partial charge in [-0.05, 0) is 25.3 Å². The van der Waals surface area contributed by atoms with Gasteiger partial charge in [-0.1, -0.05) is 40.0 Å². The number of likely N-dealkylation sites (N-methyl/N-ethyl adjacent to an activating group) is 1. The predicted octanol–water partition coefficient (Wildman–Crippen LogP) is 2.38. The van der Waals surface area contributed by atoms with Crippen molar-refractivity contribution in [2.75, 3.05) is 13.6 Å². The maximum absolute atomic E-state index is 13.0. The van der Waals surface area contributed by atoms with Crippen LogP contribution in [0.25, 0.3) is 0 Å². The molecule has 3 N–H and O–H groups in total. The van der Waals surface area contributed by atoms with E-state index in [9.17, 15) is 9.59 Å². The van der Waals surface area contributed by atoms with Gasteiger partial charge in [0.2, 0.25) is 5.91 Å². The lowest BCUT2D eigenvalue weighted by Crippen LogP contribution is -2.53. The molecule has 2 amide bonds. The van der Waals surface area contributed by atoms with E-state index in [1.54, 1.807) is 0 Å². The van der Waals surface area contributed by atoms with Crippen LogP contribution in [0.4, 0.5) is 4.79 Å². The first-order valence-corrected chi connectivity index (χ1v) is 10.1. The standard InChI is InChI=1S/C20H33N5O2/c1-20(2,3)17(18(21)26)22-19(27)25-15-10-11-24(4)12-14(15)16(23-25)13-8-6-5-7-9-13/h13,17H,5-12H2,1-4H3,(H2,21,26)(H,22,27)/t17-/m1/s1. The minimum atomic E-state index is -0.741. The van der Waals surface area contributed by atoms with Gasteiger partial charge in [0, 0.05) is 31.0 Å². The highest BCUT2D eigenvalue weighted by Gasteiger charge is 2.34. The van der Waals surface area contributed by atoms with E-state index < -0.39 is 17.4 Å². The second kappa shape index (κ2) is 7.62. The van der Waals surface area contributed by atoms with Gasteiger partial charge in [0.05, 0.1) is 11.4 Å². The fourth-order valence-corrected chi connectivity index (χ4v) is 4.35.